The highest BCUT2D eigenvalue weighted by atomic mass is 32.2. The molecule has 0 bridgehead atoms. The first-order valence-electron chi connectivity index (χ1n) is 9.84. The van der Waals surface area contributed by atoms with Gasteiger partial charge >= 0.3 is 0 Å². The van der Waals surface area contributed by atoms with Crippen molar-refractivity contribution in [2.24, 2.45) is 0 Å². The highest BCUT2D eigenvalue weighted by Gasteiger charge is 2.33. The molecule has 0 saturated carbocycles. The third kappa shape index (κ3) is 4.62. The van der Waals surface area contributed by atoms with Gasteiger partial charge in [0.15, 0.2) is 0 Å². The van der Waals surface area contributed by atoms with Crippen molar-refractivity contribution in [2.45, 2.75) is 43.7 Å². The van der Waals surface area contributed by atoms with Crippen LogP contribution in [0.4, 0.5) is 0 Å². The molecule has 3 rings (SSSR count). The van der Waals surface area contributed by atoms with Gasteiger partial charge in [-0.25, -0.2) is 8.42 Å². The molecule has 1 amide bonds. The minimum atomic E-state index is -3.76. The number of methoxy groups -OCH3 is 1. The summed E-state index contributed by atoms with van der Waals surface area (Å²) in [4.78, 5) is 14.6. The molecule has 0 N–H and O–H groups in total. The summed E-state index contributed by atoms with van der Waals surface area (Å²) in [5, 5.41) is 0. The predicted molar refractivity (Wildman–Crippen MR) is 112 cm³/mol. The van der Waals surface area contributed by atoms with Crippen molar-refractivity contribution in [1.82, 2.24) is 9.21 Å². The van der Waals surface area contributed by atoms with Gasteiger partial charge in [-0.1, -0.05) is 36.8 Å². The minimum absolute atomic E-state index is 0.0488. The number of piperidine rings is 1. The van der Waals surface area contributed by atoms with Crippen molar-refractivity contribution in [3.8, 4) is 5.75 Å². The summed E-state index contributed by atoms with van der Waals surface area (Å²) in [7, 11) is -0.607. The molecular weight excluding hydrogens is 388 g/mol. The van der Waals surface area contributed by atoms with Crippen molar-refractivity contribution in [3.05, 3.63) is 59.7 Å². The highest BCUT2D eigenvalue weighted by Crippen LogP contribution is 2.32. The molecule has 156 valence electrons. The van der Waals surface area contributed by atoms with Crippen LogP contribution in [0.15, 0.2) is 53.4 Å². The highest BCUT2D eigenvalue weighted by molar-refractivity contribution is 7.89. The zero-order chi connectivity index (χ0) is 21.0. The maximum absolute atomic E-state index is 13.3. The van der Waals surface area contributed by atoms with Gasteiger partial charge in [-0.15, -0.1) is 0 Å². The molecule has 29 heavy (non-hydrogen) atoms. The topological polar surface area (TPSA) is 66.9 Å². The number of hydrogen-bond acceptors (Lipinski definition) is 4. The number of carbonyl (C=O) groups is 1. The summed E-state index contributed by atoms with van der Waals surface area (Å²) in [6.07, 6.45) is 2.69. The van der Waals surface area contributed by atoms with E-state index in [-0.39, 0.29) is 22.6 Å². The van der Waals surface area contributed by atoms with Gasteiger partial charge in [-0.2, -0.15) is 4.31 Å². The molecule has 7 heteroatoms. The normalized spacial score (nSPS) is 17.7. The van der Waals surface area contributed by atoms with E-state index in [1.54, 1.807) is 24.1 Å². The first-order valence-corrected chi connectivity index (χ1v) is 11.3. The Morgan fingerprint density at radius 2 is 1.90 bits per heavy atom. The molecule has 0 radical (unpaired) electrons. The van der Waals surface area contributed by atoms with Crippen LogP contribution in [0.2, 0.25) is 0 Å². The summed E-state index contributed by atoms with van der Waals surface area (Å²) in [6.45, 7) is 2.85. The molecule has 2 aromatic rings. The average Bonchev–Trinajstić information content (AvgIpc) is 2.73. The lowest BCUT2D eigenvalue weighted by atomic mass is 10.1. The Hall–Kier alpha value is -2.38. The monoisotopic (exact) mass is 416 g/mol. The Labute approximate surface area is 173 Å². The average molecular weight is 417 g/mol. The largest absolute Gasteiger partial charge is 0.495 e. The molecule has 1 heterocycles. The quantitative estimate of drug-likeness (QED) is 0.723. The van der Waals surface area contributed by atoms with Crippen LogP contribution in [0.25, 0.3) is 0 Å². The fourth-order valence-corrected chi connectivity index (χ4v) is 5.60. The molecule has 1 aliphatic rings. The van der Waals surface area contributed by atoms with E-state index in [0.717, 1.165) is 24.8 Å². The van der Waals surface area contributed by atoms with Gasteiger partial charge < -0.3 is 9.64 Å². The summed E-state index contributed by atoms with van der Waals surface area (Å²) in [5.41, 5.74) is 1.33. The second-order valence-corrected chi connectivity index (χ2v) is 9.33. The maximum Gasteiger partial charge on any atom is 0.253 e. The van der Waals surface area contributed by atoms with Crippen molar-refractivity contribution in [3.63, 3.8) is 0 Å². The lowest BCUT2D eigenvalue weighted by molar-refractivity contribution is 0.0785. The van der Waals surface area contributed by atoms with Gasteiger partial charge in [0.05, 0.1) is 7.11 Å². The summed E-state index contributed by atoms with van der Waals surface area (Å²) >= 11 is 0. The molecule has 1 saturated heterocycles. The van der Waals surface area contributed by atoms with E-state index in [1.807, 2.05) is 37.3 Å². The van der Waals surface area contributed by atoms with E-state index in [0.29, 0.717) is 18.7 Å². The molecule has 1 unspecified atom stereocenters. The fourth-order valence-electron chi connectivity index (χ4n) is 3.72. The predicted octanol–water partition coefficient (Wildman–Crippen LogP) is 3.53. The maximum atomic E-state index is 13.3. The SMILES string of the molecule is COc1ccc(C(=O)N(C)Cc2ccccc2)cc1S(=O)(=O)N1CCCCC1C. The smallest absolute Gasteiger partial charge is 0.253 e. The van der Waals surface area contributed by atoms with Crippen LogP contribution in [0.1, 0.15) is 42.1 Å². The molecule has 1 atom stereocenters. The number of amides is 1. The molecular formula is C22H28N2O4S. The van der Waals surface area contributed by atoms with Gasteiger partial charge in [-0.05, 0) is 43.5 Å². The van der Waals surface area contributed by atoms with Crippen molar-refractivity contribution in [2.75, 3.05) is 20.7 Å². The summed E-state index contributed by atoms with van der Waals surface area (Å²) in [5.74, 6) is 0.0182. The second-order valence-electron chi connectivity index (χ2n) is 7.47. The van der Waals surface area contributed by atoms with Crippen LogP contribution in [0, 0.1) is 0 Å². The zero-order valence-corrected chi connectivity index (χ0v) is 18.0. The van der Waals surface area contributed by atoms with E-state index in [9.17, 15) is 13.2 Å². The molecule has 1 aliphatic heterocycles. The minimum Gasteiger partial charge on any atom is -0.495 e. The lowest BCUT2D eigenvalue weighted by Crippen LogP contribution is -2.42. The number of carbonyl (C=O) groups excluding carboxylic acids is 1. The molecule has 0 spiro atoms. The van der Waals surface area contributed by atoms with E-state index >= 15 is 0 Å². The number of sulfonamides is 1. The Morgan fingerprint density at radius 1 is 1.17 bits per heavy atom. The number of rotatable bonds is 6. The summed E-state index contributed by atoms with van der Waals surface area (Å²) in [6, 6.07) is 14.2. The van der Waals surface area contributed by atoms with Crippen LogP contribution in [-0.2, 0) is 16.6 Å². The van der Waals surface area contributed by atoms with Crippen LogP contribution >= 0.6 is 0 Å². The van der Waals surface area contributed by atoms with Gasteiger partial charge in [-0.3, -0.25) is 4.79 Å². The Balaban J connectivity index is 1.91. The van der Waals surface area contributed by atoms with Crippen molar-refractivity contribution < 1.29 is 17.9 Å². The number of ether oxygens (including phenoxy) is 1. The number of hydrogen-bond donors (Lipinski definition) is 0. The fraction of sp³-hybridized carbons (Fsp3) is 0.409. The van der Waals surface area contributed by atoms with E-state index in [1.165, 1.54) is 17.5 Å². The van der Waals surface area contributed by atoms with Crippen LogP contribution in [-0.4, -0.2) is 50.3 Å². The first kappa shape index (κ1) is 21.3. The van der Waals surface area contributed by atoms with Gasteiger partial charge in [0, 0.05) is 31.7 Å². The van der Waals surface area contributed by atoms with E-state index in [4.69, 9.17) is 4.74 Å². The van der Waals surface area contributed by atoms with Gasteiger partial charge in [0.25, 0.3) is 5.91 Å². The van der Waals surface area contributed by atoms with Crippen LogP contribution < -0.4 is 4.74 Å². The van der Waals surface area contributed by atoms with Crippen molar-refractivity contribution in [1.29, 1.82) is 0 Å². The third-order valence-corrected chi connectivity index (χ3v) is 7.38. The second kappa shape index (κ2) is 8.97. The Bertz CT molecular complexity index is 960. The van der Waals surface area contributed by atoms with E-state index in [2.05, 4.69) is 0 Å². The van der Waals surface area contributed by atoms with E-state index < -0.39 is 10.0 Å². The Kier molecular flexibility index (Phi) is 6.59. The Morgan fingerprint density at radius 3 is 2.55 bits per heavy atom. The lowest BCUT2D eigenvalue weighted by Gasteiger charge is -2.32. The standard InChI is InChI=1S/C22H28N2O4S/c1-17-9-7-8-14-24(17)29(26,27)21-15-19(12-13-20(21)28-3)22(25)23(2)16-18-10-5-4-6-11-18/h4-6,10-13,15,17H,7-9,14,16H2,1-3H3. The molecule has 0 aliphatic carbocycles. The first-order chi connectivity index (χ1) is 13.8. The molecule has 0 aromatic heterocycles. The third-order valence-electron chi connectivity index (χ3n) is 5.35. The zero-order valence-electron chi connectivity index (χ0n) is 17.2. The van der Waals surface area contributed by atoms with Gasteiger partial charge in [0.1, 0.15) is 10.6 Å². The van der Waals surface area contributed by atoms with Gasteiger partial charge in [0.2, 0.25) is 10.0 Å². The van der Waals surface area contributed by atoms with Crippen molar-refractivity contribution >= 4 is 15.9 Å². The summed E-state index contributed by atoms with van der Waals surface area (Å²) < 4.78 is 33.5. The van der Waals surface area contributed by atoms with Crippen LogP contribution in [0.5, 0.6) is 5.75 Å². The molecule has 1 fully saturated rings. The van der Waals surface area contributed by atoms with Crippen LogP contribution in [0.3, 0.4) is 0 Å². The number of benzene rings is 2. The molecule has 6 nitrogen and oxygen atoms in total. The number of nitrogens with zero attached hydrogens (tertiary/aromatic N) is 2. The molecule has 2 aromatic carbocycles.